The number of hydrogen-bond acceptors (Lipinski definition) is 4. The average molecular weight is 505 g/mol. The Labute approximate surface area is 177 Å². The molecule has 0 bridgehead atoms. The molecule has 2 N–H and O–H groups in total. The third-order valence-corrected chi connectivity index (χ3v) is 5.47. The van der Waals surface area contributed by atoms with Gasteiger partial charge in [-0.05, 0) is 24.3 Å². The van der Waals surface area contributed by atoms with Crippen molar-refractivity contribution in [1.29, 1.82) is 0 Å². The first-order valence-corrected chi connectivity index (χ1v) is 10.1. The Kier molecular flexibility index (Phi) is 16.9. The molecule has 0 saturated heterocycles. The van der Waals surface area contributed by atoms with Gasteiger partial charge in [-0.3, -0.25) is 18.0 Å². The van der Waals surface area contributed by atoms with E-state index in [1.807, 2.05) is 60.7 Å². The molecule has 2 aromatic carbocycles. The van der Waals surface area contributed by atoms with Crippen molar-refractivity contribution >= 4 is 33.5 Å². The molecule has 9 heteroatoms. The molecule has 152 valence electrons. The molecule has 2 atom stereocenters. The minimum absolute atomic E-state index is 0. The summed E-state index contributed by atoms with van der Waals surface area (Å²) in [7, 11) is -2.14. The molecule has 0 aliphatic heterocycles. The van der Waals surface area contributed by atoms with Gasteiger partial charge in [0.05, 0.1) is 21.6 Å². The zero-order chi connectivity index (χ0) is 19.9. The summed E-state index contributed by atoms with van der Waals surface area (Å²) in [6.07, 6.45) is 0. The minimum atomic E-state index is -1.07. The largest absolute Gasteiger partial charge is 0.481 e. The summed E-state index contributed by atoms with van der Waals surface area (Å²) >= 11 is 0. The van der Waals surface area contributed by atoms with E-state index in [9.17, 15) is 8.42 Å². The van der Waals surface area contributed by atoms with E-state index in [0.717, 1.165) is 23.6 Å². The Bertz CT molecular complexity index is 652. The number of aliphatic carboxylic acids is 2. The van der Waals surface area contributed by atoms with Crippen LogP contribution in [0.25, 0.3) is 0 Å². The van der Waals surface area contributed by atoms with E-state index in [-0.39, 0.29) is 20.4 Å². The van der Waals surface area contributed by atoms with Crippen LogP contribution in [0.4, 0.5) is 0 Å². The van der Waals surface area contributed by atoms with Gasteiger partial charge >= 0.3 is 0 Å². The van der Waals surface area contributed by atoms with E-state index in [0.29, 0.717) is 11.5 Å². The zero-order valence-electron chi connectivity index (χ0n) is 14.8. The van der Waals surface area contributed by atoms with Crippen molar-refractivity contribution in [2.24, 2.45) is 0 Å². The van der Waals surface area contributed by atoms with Crippen molar-refractivity contribution < 1.29 is 48.6 Å². The van der Waals surface area contributed by atoms with E-state index in [4.69, 9.17) is 19.8 Å². The monoisotopic (exact) mass is 504 g/mol. The van der Waals surface area contributed by atoms with E-state index < -0.39 is 33.5 Å². The van der Waals surface area contributed by atoms with Gasteiger partial charge in [0.2, 0.25) is 0 Å². The first-order valence-electron chi connectivity index (χ1n) is 7.50. The van der Waals surface area contributed by atoms with Crippen LogP contribution in [-0.2, 0) is 51.6 Å². The summed E-state index contributed by atoms with van der Waals surface area (Å²) in [6, 6.07) is 18.6. The van der Waals surface area contributed by atoms with Crippen LogP contribution in [-0.4, -0.2) is 42.1 Å². The van der Waals surface area contributed by atoms with E-state index >= 15 is 0 Å². The smallest absolute Gasteiger partial charge is 0.300 e. The van der Waals surface area contributed by atoms with Gasteiger partial charge < -0.3 is 10.2 Å². The Balaban J connectivity index is 0. The van der Waals surface area contributed by atoms with Crippen molar-refractivity contribution in [2.75, 3.05) is 11.5 Å². The van der Waals surface area contributed by atoms with Gasteiger partial charge in [0.25, 0.3) is 11.9 Å². The number of rotatable bonds is 5. The molecule has 0 aliphatic carbocycles. The Morgan fingerprint density at radius 1 is 0.704 bits per heavy atom. The fourth-order valence-corrected chi connectivity index (χ4v) is 4.14. The Hall–Kier alpha value is -1.66. The van der Waals surface area contributed by atoms with Gasteiger partial charge in [-0.15, -0.1) is 0 Å². The van der Waals surface area contributed by atoms with E-state index in [1.54, 1.807) is 0 Å². The predicted octanol–water partition coefficient (Wildman–Crippen LogP) is 2.78. The van der Waals surface area contributed by atoms with Crippen LogP contribution in [0.15, 0.2) is 70.5 Å². The number of carboxylic acids is 2. The summed E-state index contributed by atoms with van der Waals surface area (Å²) < 4.78 is 23.9. The molecule has 0 aliphatic rings. The first-order chi connectivity index (χ1) is 12.2. The van der Waals surface area contributed by atoms with E-state index in [1.165, 1.54) is 0 Å². The van der Waals surface area contributed by atoms with Gasteiger partial charge in [0, 0.05) is 55.6 Å². The van der Waals surface area contributed by atoms with Gasteiger partial charge in [-0.2, -0.15) is 0 Å². The fraction of sp³-hybridized carbons (Fsp3) is 0.222. The van der Waals surface area contributed by atoms with Crippen molar-refractivity contribution in [2.45, 2.75) is 23.6 Å². The van der Waals surface area contributed by atoms with Crippen molar-refractivity contribution in [1.82, 2.24) is 0 Å². The maximum absolute atomic E-state index is 12.0. The van der Waals surface area contributed by atoms with Crippen molar-refractivity contribution in [3.63, 3.8) is 0 Å². The van der Waals surface area contributed by atoms with Crippen LogP contribution in [0.1, 0.15) is 13.8 Å². The maximum Gasteiger partial charge on any atom is 0.300 e. The molecule has 27 heavy (non-hydrogen) atoms. The molecule has 6 nitrogen and oxygen atoms in total. The van der Waals surface area contributed by atoms with Gasteiger partial charge in [0.15, 0.2) is 0 Å². The van der Waals surface area contributed by atoms with Crippen molar-refractivity contribution in [3.05, 3.63) is 60.7 Å². The summed E-state index contributed by atoms with van der Waals surface area (Å²) in [5.74, 6) is -0.822. The summed E-state index contributed by atoms with van der Waals surface area (Å²) in [4.78, 5) is 19.6. The fourth-order valence-electron chi connectivity index (χ4n) is 1.53. The number of benzene rings is 2. The number of carboxylic acid groups (broad SMARTS) is 2. The molecule has 0 amide bonds. The third kappa shape index (κ3) is 16.3. The van der Waals surface area contributed by atoms with Crippen LogP contribution < -0.4 is 0 Å². The summed E-state index contributed by atoms with van der Waals surface area (Å²) in [5, 5.41) is 14.8. The quantitative estimate of drug-likeness (QED) is 0.606. The molecule has 0 spiro atoms. The normalized spacial score (nSPS) is 11.2. The van der Waals surface area contributed by atoms with Crippen LogP contribution in [0.5, 0.6) is 0 Å². The Morgan fingerprint density at radius 2 is 0.926 bits per heavy atom. The average Bonchev–Trinajstić information content (AvgIpc) is 2.60. The van der Waals surface area contributed by atoms with Crippen LogP contribution in [0.3, 0.4) is 0 Å². The molecule has 2 aromatic rings. The number of carbonyl (C=O) groups is 2. The van der Waals surface area contributed by atoms with Gasteiger partial charge in [-0.25, -0.2) is 0 Å². The SMILES string of the molecule is CC(=O)O.CC(=O)O.O=S(CCS(=O)c1ccccc1)c1ccccc1.[Pd]. The molecule has 2 rings (SSSR count). The summed E-state index contributed by atoms with van der Waals surface area (Å²) in [5.41, 5.74) is 0. The molecule has 0 fully saturated rings. The molecule has 0 radical (unpaired) electrons. The molecule has 0 heterocycles. The maximum atomic E-state index is 12.0. The van der Waals surface area contributed by atoms with Crippen LogP contribution in [0, 0.1) is 0 Å². The van der Waals surface area contributed by atoms with Crippen LogP contribution in [0.2, 0.25) is 0 Å². The van der Waals surface area contributed by atoms with E-state index in [2.05, 4.69) is 0 Å². The predicted molar refractivity (Wildman–Crippen MR) is 102 cm³/mol. The number of hydrogen-bond donors (Lipinski definition) is 2. The third-order valence-electron chi connectivity index (χ3n) is 2.47. The standard InChI is InChI=1S/C14H14O2S2.2C2H4O2.Pd/c15-17(13-7-3-1-4-8-13)11-12-18(16)14-9-5-2-6-10-14;2*1-2(3)4;/h1-10H,11-12H2;2*1H3,(H,3,4);. The summed E-state index contributed by atoms with van der Waals surface area (Å²) in [6.45, 7) is 2.17. The molecule has 0 aromatic heterocycles. The minimum Gasteiger partial charge on any atom is -0.481 e. The van der Waals surface area contributed by atoms with Crippen LogP contribution >= 0.6 is 0 Å². The first kappa shape index (κ1) is 27.6. The molecule has 2 unspecified atom stereocenters. The molecular weight excluding hydrogens is 483 g/mol. The van der Waals surface area contributed by atoms with Crippen molar-refractivity contribution in [3.8, 4) is 0 Å². The van der Waals surface area contributed by atoms with Gasteiger partial charge in [0.1, 0.15) is 0 Å². The van der Waals surface area contributed by atoms with Gasteiger partial charge in [-0.1, -0.05) is 36.4 Å². The molecular formula is C18H22O6PdS2. The second kappa shape index (κ2) is 16.5. The zero-order valence-corrected chi connectivity index (χ0v) is 18.0. The second-order valence-electron chi connectivity index (χ2n) is 4.76. The topological polar surface area (TPSA) is 109 Å². The Morgan fingerprint density at radius 3 is 1.15 bits per heavy atom. The molecule has 0 saturated carbocycles. The second-order valence-corrected chi connectivity index (χ2v) is 7.90.